The van der Waals surface area contributed by atoms with E-state index in [1.165, 1.54) is 0 Å². The van der Waals surface area contributed by atoms with Gasteiger partial charge in [-0.25, -0.2) is 0 Å². The summed E-state index contributed by atoms with van der Waals surface area (Å²) in [7, 11) is 0. The Bertz CT molecular complexity index is 778. The van der Waals surface area contributed by atoms with Gasteiger partial charge in [-0.1, -0.05) is 43.6 Å². The van der Waals surface area contributed by atoms with Crippen molar-refractivity contribution in [2.75, 3.05) is 11.9 Å². The molecule has 0 aliphatic rings. The summed E-state index contributed by atoms with van der Waals surface area (Å²) in [4.78, 5) is 24.3. The van der Waals surface area contributed by atoms with Crippen LogP contribution in [0.3, 0.4) is 0 Å². The number of carbonyl (C=O) groups excluding carboxylic acids is 2. The molecule has 2 rings (SSSR count). The second-order valence-corrected chi connectivity index (χ2v) is 7.25. The average molecular weight is 389 g/mol. The standard InChI is InChI=1S/C21H25ClN2O3/c1-14(2)13-27-19-10-9-17(12-18(19)22)24-20(25)11-15(3)23-21(26)16-7-5-4-6-8-16/h4-10,12,14-15H,11,13H2,1-3H3,(H,23,26)(H,24,25). The maximum Gasteiger partial charge on any atom is 0.251 e. The molecule has 2 amide bonds. The topological polar surface area (TPSA) is 67.4 Å². The molecule has 0 spiro atoms. The van der Waals surface area contributed by atoms with Gasteiger partial charge in [0.2, 0.25) is 5.91 Å². The molecule has 0 aromatic heterocycles. The first-order valence-corrected chi connectivity index (χ1v) is 9.31. The van der Waals surface area contributed by atoms with Crippen molar-refractivity contribution in [2.24, 2.45) is 5.92 Å². The number of anilines is 1. The van der Waals surface area contributed by atoms with Gasteiger partial charge in [-0.15, -0.1) is 0 Å². The van der Waals surface area contributed by atoms with Crippen LogP contribution in [0, 0.1) is 5.92 Å². The van der Waals surface area contributed by atoms with Gasteiger partial charge in [0.25, 0.3) is 5.91 Å². The lowest BCUT2D eigenvalue weighted by Gasteiger charge is -2.15. The van der Waals surface area contributed by atoms with Crippen molar-refractivity contribution in [3.63, 3.8) is 0 Å². The number of hydrogen-bond donors (Lipinski definition) is 2. The summed E-state index contributed by atoms with van der Waals surface area (Å²) in [5, 5.41) is 6.05. The van der Waals surface area contributed by atoms with Gasteiger partial charge in [0.05, 0.1) is 11.6 Å². The number of rotatable bonds is 8. The minimum absolute atomic E-state index is 0.155. The summed E-state index contributed by atoms with van der Waals surface area (Å²) in [5.74, 6) is 0.577. The van der Waals surface area contributed by atoms with Gasteiger partial charge < -0.3 is 15.4 Å². The number of benzene rings is 2. The molecule has 0 fully saturated rings. The molecular weight excluding hydrogens is 364 g/mol. The van der Waals surface area contributed by atoms with Crippen molar-refractivity contribution >= 4 is 29.1 Å². The molecule has 2 aromatic rings. The molecule has 6 heteroatoms. The highest BCUT2D eigenvalue weighted by atomic mass is 35.5. The van der Waals surface area contributed by atoms with Crippen molar-refractivity contribution in [1.82, 2.24) is 5.32 Å². The Labute approximate surface area is 165 Å². The molecule has 0 saturated heterocycles. The highest BCUT2D eigenvalue weighted by molar-refractivity contribution is 6.32. The third kappa shape index (κ3) is 6.94. The first kappa shape index (κ1) is 20.8. The van der Waals surface area contributed by atoms with Gasteiger partial charge in [0.15, 0.2) is 0 Å². The highest BCUT2D eigenvalue weighted by Crippen LogP contribution is 2.28. The van der Waals surface area contributed by atoms with E-state index in [0.29, 0.717) is 34.5 Å². The van der Waals surface area contributed by atoms with Gasteiger partial charge in [-0.05, 0) is 43.2 Å². The molecule has 27 heavy (non-hydrogen) atoms. The van der Waals surface area contributed by atoms with Crippen LogP contribution in [0.15, 0.2) is 48.5 Å². The van der Waals surface area contributed by atoms with Crippen LogP contribution in [-0.4, -0.2) is 24.5 Å². The van der Waals surface area contributed by atoms with E-state index in [0.717, 1.165) is 0 Å². The predicted octanol–water partition coefficient (Wildman–Crippen LogP) is 4.52. The van der Waals surface area contributed by atoms with E-state index in [1.807, 2.05) is 6.07 Å². The van der Waals surface area contributed by atoms with Crippen LogP contribution in [0.25, 0.3) is 0 Å². The van der Waals surface area contributed by atoms with Gasteiger partial charge in [0.1, 0.15) is 5.75 Å². The molecule has 0 aliphatic heterocycles. The number of carbonyl (C=O) groups is 2. The second-order valence-electron chi connectivity index (χ2n) is 6.84. The predicted molar refractivity (Wildman–Crippen MR) is 108 cm³/mol. The van der Waals surface area contributed by atoms with E-state index >= 15 is 0 Å². The molecule has 5 nitrogen and oxygen atoms in total. The number of ether oxygens (including phenoxy) is 1. The lowest BCUT2D eigenvalue weighted by Crippen LogP contribution is -2.35. The smallest absolute Gasteiger partial charge is 0.251 e. The van der Waals surface area contributed by atoms with E-state index in [1.54, 1.807) is 49.4 Å². The van der Waals surface area contributed by atoms with Gasteiger partial charge in [0, 0.05) is 23.7 Å². The quantitative estimate of drug-likeness (QED) is 0.698. The molecule has 0 saturated carbocycles. The minimum Gasteiger partial charge on any atom is -0.492 e. The Kier molecular flexibility index (Phi) is 7.67. The lowest BCUT2D eigenvalue weighted by atomic mass is 10.1. The maximum atomic E-state index is 12.2. The second kappa shape index (κ2) is 9.97. The zero-order valence-electron chi connectivity index (χ0n) is 15.8. The summed E-state index contributed by atoms with van der Waals surface area (Å²) in [6.07, 6.45) is 0.155. The number of amides is 2. The highest BCUT2D eigenvalue weighted by Gasteiger charge is 2.14. The maximum absolute atomic E-state index is 12.2. The minimum atomic E-state index is -0.304. The van der Waals surface area contributed by atoms with E-state index < -0.39 is 0 Å². The molecule has 2 aromatic carbocycles. The van der Waals surface area contributed by atoms with Crippen LogP contribution in [0.4, 0.5) is 5.69 Å². The summed E-state index contributed by atoms with van der Waals surface area (Å²) in [6, 6.07) is 13.7. The number of hydrogen-bond acceptors (Lipinski definition) is 3. The molecule has 0 radical (unpaired) electrons. The van der Waals surface area contributed by atoms with E-state index in [4.69, 9.17) is 16.3 Å². The summed E-state index contributed by atoms with van der Waals surface area (Å²) in [6.45, 7) is 6.47. The van der Waals surface area contributed by atoms with Crippen LogP contribution in [0.1, 0.15) is 37.6 Å². The van der Waals surface area contributed by atoms with Crippen molar-refractivity contribution in [1.29, 1.82) is 0 Å². The van der Waals surface area contributed by atoms with E-state index in [2.05, 4.69) is 24.5 Å². The largest absolute Gasteiger partial charge is 0.492 e. The molecule has 0 aliphatic carbocycles. The van der Waals surface area contributed by atoms with Crippen molar-refractivity contribution in [3.8, 4) is 5.75 Å². The SMILES string of the molecule is CC(C)COc1ccc(NC(=O)CC(C)NC(=O)c2ccccc2)cc1Cl. The fraction of sp³-hybridized carbons (Fsp3) is 0.333. The normalized spacial score (nSPS) is 11.7. The Hall–Kier alpha value is -2.53. The van der Waals surface area contributed by atoms with Crippen molar-refractivity contribution in [2.45, 2.75) is 33.2 Å². The van der Waals surface area contributed by atoms with Gasteiger partial charge in [-0.2, -0.15) is 0 Å². The zero-order chi connectivity index (χ0) is 19.8. The molecule has 0 heterocycles. The average Bonchev–Trinajstić information content (AvgIpc) is 2.61. The van der Waals surface area contributed by atoms with Crippen LogP contribution in [0.2, 0.25) is 5.02 Å². The van der Waals surface area contributed by atoms with Crippen LogP contribution < -0.4 is 15.4 Å². The monoisotopic (exact) mass is 388 g/mol. The zero-order valence-corrected chi connectivity index (χ0v) is 16.5. The Morgan fingerprint density at radius 1 is 1.07 bits per heavy atom. The first-order valence-electron chi connectivity index (χ1n) is 8.93. The van der Waals surface area contributed by atoms with Gasteiger partial charge in [-0.3, -0.25) is 9.59 Å². The summed E-state index contributed by atoms with van der Waals surface area (Å²) >= 11 is 6.21. The van der Waals surface area contributed by atoms with Crippen molar-refractivity contribution < 1.29 is 14.3 Å². The van der Waals surface area contributed by atoms with Gasteiger partial charge >= 0.3 is 0 Å². The van der Waals surface area contributed by atoms with Crippen LogP contribution >= 0.6 is 11.6 Å². The number of nitrogens with one attached hydrogen (secondary N) is 2. The molecule has 1 unspecified atom stereocenters. The number of halogens is 1. The molecular formula is C21H25ClN2O3. The Balaban J connectivity index is 1.86. The summed E-state index contributed by atoms with van der Waals surface area (Å²) < 4.78 is 5.62. The Morgan fingerprint density at radius 2 is 1.78 bits per heavy atom. The van der Waals surface area contributed by atoms with Crippen LogP contribution in [0.5, 0.6) is 5.75 Å². The molecule has 2 N–H and O–H groups in total. The fourth-order valence-electron chi connectivity index (χ4n) is 2.39. The fourth-order valence-corrected chi connectivity index (χ4v) is 2.62. The van der Waals surface area contributed by atoms with E-state index in [-0.39, 0.29) is 24.3 Å². The third-order valence-electron chi connectivity index (χ3n) is 3.69. The Morgan fingerprint density at radius 3 is 2.41 bits per heavy atom. The molecule has 1 atom stereocenters. The molecule has 0 bridgehead atoms. The third-order valence-corrected chi connectivity index (χ3v) is 3.99. The van der Waals surface area contributed by atoms with E-state index in [9.17, 15) is 9.59 Å². The summed E-state index contributed by atoms with van der Waals surface area (Å²) in [5.41, 5.74) is 1.15. The molecule has 144 valence electrons. The van der Waals surface area contributed by atoms with Crippen LogP contribution in [-0.2, 0) is 4.79 Å². The first-order chi connectivity index (χ1) is 12.8. The van der Waals surface area contributed by atoms with Crippen molar-refractivity contribution in [3.05, 3.63) is 59.1 Å². The lowest BCUT2D eigenvalue weighted by molar-refractivity contribution is -0.116.